The third-order valence-corrected chi connectivity index (χ3v) is 3.78. The molecule has 0 aromatic heterocycles. The fraction of sp³-hybridized carbons (Fsp3) is 0.833. The molecule has 2 aliphatic rings. The minimum absolute atomic E-state index is 0.113. The van der Waals surface area contributed by atoms with E-state index in [1.54, 1.807) is 0 Å². The summed E-state index contributed by atoms with van der Waals surface area (Å²) in [5.74, 6) is -0.113. The molecule has 0 radical (unpaired) electrons. The molecule has 1 saturated carbocycles. The molecule has 4 nitrogen and oxygen atoms in total. The third-order valence-electron chi connectivity index (χ3n) is 3.78. The first-order valence-electron chi connectivity index (χ1n) is 5.94. The van der Waals surface area contributed by atoms with Crippen LogP contribution in [0.4, 0.5) is 0 Å². The van der Waals surface area contributed by atoms with E-state index in [9.17, 15) is 4.79 Å². The number of nitrogens with one attached hydrogen (secondary N) is 1. The Balaban J connectivity index is 1.86. The number of rotatable bonds is 3. The molecule has 0 aromatic rings. The molecule has 0 bridgehead atoms. The van der Waals surface area contributed by atoms with Crippen LogP contribution in [0, 0.1) is 16.7 Å². The number of nitriles is 1. The van der Waals surface area contributed by atoms with Gasteiger partial charge in [-0.05, 0) is 39.0 Å². The summed E-state index contributed by atoms with van der Waals surface area (Å²) in [6.45, 7) is 3.31. The number of ether oxygens (including phenoxy) is 1. The molecule has 16 heavy (non-hydrogen) atoms. The van der Waals surface area contributed by atoms with Crippen LogP contribution >= 0.6 is 0 Å². The summed E-state index contributed by atoms with van der Waals surface area (Å²) < 4.78 is 5.59. The Hall–Kier alpha value is -1.08. The van der Waals surface area contributed by atoms with Crippen molar-refractivity contribution < 1.29 is 9.53 Å². The Morgan fingerprint density at radius 3 is 2.62 bits per heavy atom. The Morgan fingerprint density at radius 2 is 2.19 bits per heavy atom. The molecule has 1 saturated heterocycles. The molecule has 0 spiro atoms. The first kappa shape index (κ1) is 11.4. The number of hydrogen-bond donors (Lipinski definition) is 1. The van der Waals surface area contributed by atoms with Crippen LogP contribution in [-0.4, -0.2) is 24.7 Å². The number of hydrogen-bond acceptors (Lipinski definition) is 3. The highest BCUT2D eigenvalue weighted by molar-refractivity contribution is 5.86. The van der Waals surface area contributed by atoms with Crippen LogP contribution in [0.2, 0.25) is 0 Å². The molecule has 88 valence electrons. The molecule has 2 fully saturated rings. The van der Waals surface area contributed by atoms with Crippen molar-refractivity contribution in [2.45, 2.75) is 44.6 Å². The van der Waals surface area contributed by atoms with Gasteiger partial charge < -0.3 is 10.1 Å². The maximum Gasteiger partial charge on any atom is 0.240 e. The lowest BCUT2D eigenvalue weighted by Crippen LogP contribution is -2.49. The molecule has 1 atom stereocenters. The van der Waals surface area contributed by atoms with Crippen LogP contribution < -0.4 is 5.32 Å². The summed E-state index contributed by atoms with van der Waals surface area (Å²) in [4.78, 5) is 11.9. The molecule has 0 aromatic carbocycles. The average Bonchev–Trinajstić information content (AvgIpc) is 2.62. The second-order valence-corrected chi connectivity index (χ2v) is 5.13. The second-order valence-electron chi connectivity index (χ2n) is 5.13. The van der Waals surface area contributed by atoms with Gasteiger partial charge in [0.05, 0.1) is 11.7 Å². The topological polar surface area (TPSA) is 62.1 Å². The van der Waals surface area contributed by atoms with Crippen LogP contribution in [0.1, 0.15) is 39.0 Å². The minimum atomic E-state index is -0.741. The van der Waals surface area contributed by atoms with Crippen molar-refractivity contribution in [1.29, 1.82) is 5.26 Å². The first-order chi connectivity index (χ1) is 7.60. The zero-order valence-corrected chi connectivity index (χ0v) is 9.71. The van der Waals surface area contributed by atoms with Crippen molar-refractivity contribution in [2.75, 3.05) is 13.2 Å². The molecule has 2 rings (SSSR count). The molecular formula is C12H18N2O2. The molecule has 1 aliphatic heterocycles. The highest BCUT2D eigenvalue weighted by atomic mass is 16.5. The monoisotopic (exact) mass is 222 g/mol. The zero-order chi connectivity index (χ0) is 11.6. The van der Waals surface area contributed by atoms with Crippen LogP contribution in [-0.2, 0) is 9.53 Å². The van der Waals surface area contributed by atoms with Gasteiger partial charge in [0.15, 0.2) is 0 Å². The fourth-order valence-corrected chi connectivity index (χ4v) is 2.33. The summed E-state index contributed by atoms with van der Waals surface area (Å²) in [5, 5.41) is 11.9. The standard InChI is InChI=1S/C12H18N2O2/c1-11(4-3-7-16-11)9-14-10(15)12(8-13)5-2-6-12/h2-7,9H2,1H3,(H,14,15). The summed E-state index contributed by atoms with van der Waals surface area (Å²) in [6.07, 6.45) is 4.41. The van der Waals surface area contributed by atoms with E-state index in [1.165, 1.54) is 0 Å². The van der Waals surface area contributed by atoms with Gasteiger partial charge in [-0.1, -0.05) is 0 Å². The van der Waals surface area contributed by atoms with E-state index < -0.39 is 5.41 Å². The van der Waals surface area contributed by atoms with Gasteiger partial charge in [0, 0.05) is 13.2 Å². The summed E-state index contributed by atoms with van der Waals surface area (Å²) in [6, 6.07) is 2.15. The summed E-state index contributed by atoms with van der Waals surface area (Å²) >= 11 is 0. The highest BCUT2D eigenvalue weighted by Gasteiger charge is 2.45. The van der Waals surface area contributed by atoms with Gasteiger partial charge in [-0.3, -0.25) is 4.79 Å². The zero-order valence-electron chi connectivity index (χ0n) is 9.71. The Labute approximate surface area is 96.0 Å². The van der Waals surface area contributed by atoms with Gasteiger partial charge in [-0.2, -0.15) is 5.26 Å². The quantitative estimate of drug-likeness (QED) is 0.784. The Bertz CT molecular complexity index is 322. The highest BCUT2D eigenvalue weighted by Crippen LogP contribution is 2.40. The Morgan fingerprint density at radius 1 is 1.44 bits per heavy atom. The van der Waals surface area contributed by atoms with Crippen LogP contribution in [0.25, 0.3) is 0 Å². The average molecular weight is 222 g/mol. The van der Waals surface area contributed by atoms with E-state index in [1.807, 2.05) is 6.92 Å². The van der Waals surface area contributed by atoms with E-state index in [4.69, 9.17) is 10.00 Å². The third kappa shape index (κ3) is 1.92. The molecule has 1 N–H and O–H groups in total. The molecular weight excluding hydrogens is 204 g/mol. The molecule has 1 unspecified atom stereocenters. The van der Waals surface area contributed by atoms with Gasteiger partial charge in [0.25, 0.3) is 0 Å². The fourth-order valence-electron chi connectivity index (χ4n) is 2.33. The van der Waals surface area contributed by atoms with E-state index in [0.717, 1.165) is 25.9 Å². The normalized spacial score (nSPS) is 31.5. The number of nitrogens with zero attached hydrogens (tertiary/aromatic N) is 1. The molecule has 1 heterocycles. The van der Waals surface area contributed by atoms with Gasteiger partial charge in [0.2, 0.25) is 5.91 Å². The lowest BCUT2D eigenvalue weighted by Gasteiger charge is -2.34. The largest absolute Gasteiger partial charge is 0.373 e. The maximum absolute atomic E-state index is 11.9. The van der Waals surface area contributed by atoms with Crippen molar-refractivity contribution in [1.82, 2.24) is 5.32 Å². The van der Waals surface area contributed by atoms with Gasteiger partial charge in [-0.15, -0.1) is 0 Å². The molecule has 1 amide bonds. The number of carbonyl (C=O) groups excluding carboxylic acids is 1. The van der Waals surface area contributed by atoms with E-state index in [0.29, 0.717) is 19.4 Å². The molecule has 4 heteroatoms. The van der Waals surface area contributed by atoms with Gasteiger partial charge in [-0.25, -0.2) is 0 Å². The first-order valence-corrected chi connectivity index (χ1v) is 5.94. The van der Waals surface area contributed by atoms with Crippen LogP contribution in [0.5, 0.6) is 0 Å². The van der Waals surface area contributed by atoms with E-state index in [-0.39, 0.29) is 11.5 Å². The van der Waals surface area contributed by atoms with Gasteiger partial charge in [0.1, 0.15) is 5.41 Å². The van der Waals surface area contributed by atoms with Gasteiger partial charge >= 0.3 is 0 Å². The minimum Gasteiger partial charge on any atom is -0.373 e. The van der Waals surface area contributed by atoms with E-state index in [2.05, 4.69) is 11.4 Å². The van der Waals surface area contributed by atoms with Crippen molar-refractivity contribution in [3.63, 3.8) is 0 Å². The number of carbonyl (C=O) groups is 1. The lowest BCUT2D eigenvalue weighted by molar-refractivity contribution is -0.133. The van der Waals surface area contributed by atoms with Crippen molar-refractivity contribution in [3.05, 3.63) is 0 Å². The number of amides is 1. The SMILES string of the molecule is CC1(CNC(=O)C2(C#N)CCC2)CCCO1. The van der Waals surface area contributed by atoms with E-state index >= 15 is 0 Å². The predicted octanol–water partition coefficient (Wildman–Crippen LogP) is 1.37. The van der Waals surface area contributed by atoms with Crippen molar-refractivity contribution in [2.24, 2.45) is 5.41 Å². The van der Waals surface area contributed by atoms with Crippen molar-refractivity contribution in [3.8, 4) is 6.07 Å². The smallest absolute Gasteiger partial charge is 0.240 e. The lowest BCUT2D eigenvalue weighted by atomic mass is 9.69. The summed E-state index contributed by atoms with van der Waals surface area (Å²) in [7, 11) is 0. The van der Waals surface area contributed by atoms with Crippen molar-refractivity contribution >= 4 is 5.91 Å². The maximum atomic E-state index is 11.9. The van der Waals surface area contributed by atoms with Crippen LogP contribution in [0.3, 0.4) is 0 Å². The Kier molecular flexibility index (Phi) is 2.90. The molecule has 1 aliphatic carbocycles. The second kappa shape index (κ2) is 4.06. The summed E-state index contributed by atoms with van der Waals surface area (Å²) in [5.41, 5.74) is -0.967. The van der Waals surface area contributed by atoms with Crippen LogP contribution in [0.15, 0.2) is 0 Å². The predicted molar refractivity (Wildman–Crippen MR) is 58.5 cm³/mol.